The summed E-state index contributed by atoms with van der Waals surface area (Å²) in [5.74, 6) is -0.529. The van der Waals surface area contributed by atoms with Crippen LogP contribution in [-0.2, 0) is 6.61 Å². The minimum absolute atomic E-state index is 0.266. The standard InChI is InChI=1S/C7H5F3INO2/c8-7(9,10)14-6-1-5(11)4(3-13)2-12-6/h1-2,13H,3H2. The van der Waals surface area contributed by atoms with Gasteiger partial charge >= 0.3 is 6.36 Å². The summed E-state index contributed by atoms with van der Waals surface area (Å²) in [6.07, 6.45) is -3.60. The molecule has 0 unspecified atom stereocenters. The van der Waals surface area contributed by atoms with Crippen molar-refractivity contribution in [3.63, 3.8) is 0 Å². The van der Waals surface area contributed by atoms with Crippen LogP contribution in [0.1, 0.15) is 5.56 Å². The number of pyridine rings is 1. The fourth-order valence-electron chi connectivity index (χ4n) is 0.732. The molecule has 0 spiro atoms. The quantitative estimate of drug-likeness (QED) is 0.849. The number of aliphatic hydroxyl groups is 1. The molecule has 1 aromatic heterocycles. The van der Waals surface area contributed by atoms with Crippen LogP contribution in [0.3, 0.4) is 0 Å². The molecule has 0 aromatic carbocycles. The van der Waals surface area contributed by atoms with Gasteiger partial charge in [0.2, 0.25) is 5.88 Å². The number of aromatic nitrogens is 1. The molecule has 78 valence electrons. The molecular weight excluding hydrogens is 314 g/mol. The van der Waals surface area contributed by atoms with E-state index in [1.54, 1.807) is 22.6 Å². The third-order valence-electron chi connectivity index (χ3n) is 1.30. The zero-order valence-electron chi connectivity index (χ0n) is 6.68. The lowest BCUT2D eigenvalue weighted by Gasteiger charge is -2.08. The minimum atomic E-state index is -4.74. The first-order valence-electron chi connectivity index (χ1n) is 3.43. The Morgan fingerprint density at radius 1 is 1.50 bits per heavy atom. The molecule has 14 heavy (non-hydrogen) atoms. The van der Waals surface area contributed by atoms with Gasteiger partial charge in [0.1, 0.15) is 0 Å². The number of hydrogen-bond donors (Lipinski definition) is 1. The third kappa shape index (κ3) is 3.29. The first-order valence-corrected chi connectivity index (χ1v) is 4.51. The lowest BCUT2D eigenvalue weighted by molar-refractivity contribution is -0.276. The van der Waals surface area contributed by atoms with E-state index in [-0.39, 0.29) is 6.61 Å². The van der Waals surface area contributed by atoms with Crippen LogP contribution in [0.4, 0.5) is 13.2 Å². The van der Waals surface area contributed by atoms with Crippen molar-refractivity contribution in [2.45, 2.75) is 13.0 Å². The van der Waals surface area contributed by atoms with Crippen molar-refractivity contribution in [1.29, 1.82) is 0 Å². The van der Waals surface area contributed by atoms with E-state index in [1.807, 2.05) is 0 Å². The van der Waals surface area contributed by atoms with Gasteiger partial charge in [-0.15, -0.1) is 13.2 Å². The molecule has 7 heteroatoms. The van der Waals surface area contributed by atoms with Gasteiger partial charge in [-0.1, -0.05) is 0 Å². The maximum absolute atomic E-state index is 11.7. The van der Waals surface area contributed by atoms with E-state index in [1.165, 1.54) is 0 Å². The molecule has 1 rings (SSSR count). The molecular formula is C7H5F3INO2. The Bertz CT molecular complexity index is 329. The summed E-state index contributed by atoms with van der Waals surface area (Å²) in [7, 11) is 0. The monoisotopic (exact) mass is 319 g/mol. The second-order valence-electron chi connectivity index (χ2n) is 2.32. The molecule has 0 saturated heterocycles. The fourth-order valence-corrected chi connectivity index (χ4v) is 1.31. The molecule has 0 aliphatic carbocycles. The van der Waals surface area contributed by atoms with Gasteiger partial charge in [0.25, 0.3) is 0 Å². The number of alkyl halides is 3. The molecule has 0 aliphatic heterocycles. The average Bonchev–Trinajstić information content (AvgIpc) is 2.01. The Labute approximate surface area is 91.0 Å². The third-order valence-corrected chi connectivity index (χ3v) is 2.30. The molecule has 0 fully saturated rings. The topological polar surface area (TPSA) is 42.4 Å². The van der Waals surface area contributed by atoms with Gasteiger partial charge in [-0.25, -0.2) is 4.98 Å². The van der Waals surface area contributed by atoms with E-state index >= 15 is 0 Å². The Morgan fingerprint density at radius 3 is 2.57 bits per heavy atom. The van der Waals surface area contributed by atoms with Crippen molar-refractivity contribution >= 4 is 22.6 Å². The predicted octanol–water partition coefficient (Wildman–Crippen LogP) is 2.08. The molecule has 0 radical (unpaired) electrons. The summed E-state index contributed by atoms with van der Waals surface area (Å²) < 4.78 is 39.3. The average molecular weight is 319 g/mol. The van der Waals surface area contributed by atoms with Gasteiger partial charge < -0.3 is 9.84 Å². The SMILES string of the molecule is OCc1cnc(OC(F)(F)F)cc1I. The van der Waals surface area contributed by atoms with Crippen molar-refractivity contribution in [3.05, 3.63) is 21.4 Å². The summed E-state index contributed by atoms with van der Waals surface area (Å²) in [5, 5.41) is 8.73. The fraction of sp³-hybridized carbons (Fsp3) is 0.286. The summed E-state index contributed by atoms with van der Waals surface area (Å²) in [6.45, 7) is -0.266. The lowest BCUT2D eigenvalue weighted by atomic mass is 10.3. The Hall–Kier alpha value is -0.570. The highest BCUT2D eigenvalue weighted by atomic mass is 127. The molecule has 3 nitrogen and oxygen atoms in total. The maximum Gasteiger partial charge on any atom is 0.574 e. The molecule has 0 bridgehead atoms. The molecule has 0 saturated carbocycles. The molecule has 1 N–H and O–H groups in total. The summed E-state index contributed by atoms with van der Waals surface area (Å²) in [5.41, 5.74) is 0.458. The van der Waals surface area contributed by atoms with Crippen LogP contribution >= 0.6 is 22.6 Å². The van der Waals surface area contributed by atoms with Crippen molar-refractivity contribution in [3.8, 4) is 5.88 Å². The summed E-state index contributed by atoms with van der Waals surface area (Å²) in [4.78, 5) is 3.39. The highest BCUT2D eigenvalue weighted by Crippen LogP contribution is 2.23. The zero-order valence-corrected chi connectivity index (χ0v) is 8.83. The van der Waals surface area contributed by atoms with Crippen LogP contribution in [-0.4, -0.2) is 16.5 Å². The van der Waals surface area contributed by atoms with Crippen LogP contribution in [0, 0.1) is 3.57 Å². The number of aliphatic hydroxyl groups excluding tert-OH is 1. The van der Waals surface area contributed by atoms with E-state index in [9.17, 15) is 13.2 Å². The number of nitrogens with zero attached hydrogens (tertiary/aromatic N) is 1. The zero-order chi connectivity index (χ0) is 10.8. The first-order chi connectivity index (χ1) is 6.42. The highest BCUT2D eigenvalue weighted by molar-refractivity contribution is 14.1. The number of hydrogen-bond acceptors (Lipinski definition) is 3. The van der Waals surface area contributed by atoms with Crippen molar-refractivity contribution in [1.82, 2.24) is 4.98 Å². The molecule has 0 amide bonds. The van der Waals surface area contributed by atoms with Gasteiger partial charge in [-0.3, -0.25) is 0 Å². The van der Waals surface area contributed by atoms with E-state index < -0.39 is 12.2 Å². The van der Waals surface area contributed by atoms with Crippen LogP contribution in [0.2, 0.25) is 0 Å². The van der Waals surface area contributed by atoms with Crippen LogP contribution < -0.4 is 4.74 Å². The van der Waals surface area contributed by atoms with Gasteiger partial charge in [0, 0.05) is 21.4 Å². The van der Waals surface area contributed by atoms with E-state index in [2.05, 4.69) is 9.72 Å². The van der Waals surface area contributed by atoms with Crippen LogP contribution in [0.25, 0.3) is 0 Å². The van der Waals surface area contributed by atoms with Gasteiger partial charge in [-0.05, 0) is 22.6 Å². The van der Waals surface area contributed by atoms with Gasteiger partial charge in [0.15, 0.2) is 0 Å². The van der Waals surface area contributed by atoms with Crippen molar-refractivity contribution in [2.75, 3.05) is 0 Å². The Morgan fingerprint density at radius 2 is 2.14 bits per heavy atom. The van der Waals surface area contributed by atoms with E-state index in [4.69, 9.17) is 5.11 Å². The molecule has 0 atom stereocenters. The maximum atomic E-state index is 11.7. The molecule has 1 heterocycles. The summed E-state index contributed by atoms with van der Waals surface area (Å²) >= 11 is 1.79. The van der Waals surface area contributed by atoms with E-state index in [0.717, 1.165) is 12.3 Å². The predicted molar refractivity (Wildman–Crippen MR) is 49.6 cm³/mol. The molecule has 1 aromatic rings. The minimum Gasteiger partial charge on any atom is -0.392 e. The van der Waals surface area contributed by atoms with Crippen LogP contribution in [0.5, 0.6) is 5.88 Å². The second kappa shape index (κ2) is 4.30. The Balaban J connectivity index is 2.87. The highest BCUT2D eigenvalue weighted by Gasteiger charge is 2.31. The molecule has 0 aliphatic rings. The van der Waals surface area contributed by atoms with Gasteiger partial charge in [-0.2, -0.15) is 0 Å². The number of rotatable bonds is 2. The number of halogens is 4. The Kier molecular flexibility index (Phi) is 3.53. The van der Waals surface area contributed by atoms with Crippen molar-refractivity contribution in [2.24, 2.45) is 0 Å². The number of ether oxygens (including phenoxy) is 1. The smallest absolute Gasteiger partial charge is 0.392 e. The van der Waals surface area contributed by atoms with E-state index in [0.29, 0.717) is 9.13 Å². The second-order valence-corrected chi connectivity index (χ2v) is 3.48. The summed E-state index contributed by atoms with van der Waals surface area (Å²) in [6, 6.07) is 1.11. The lowest BCUT2D eigenvalue weighted by Crippen LogP contribution is -2.18. The van der Waals surface area contributed by atoms with Crippen LogP contribution in [0.15, 0.2) is 12.3 Å². The largest absolute Gasteiger partial charge is 0.574 e. The normalized spacial score (nSPS) is 11.5. The van der Waals surface area contributed by atoms with Crippen molar-refractivity contribution < 1.29 is 23.0 Å². The first kappa shape index (κ1) is 11.5. The van der Waals surface area contributed by atoms with Gasteiger partial charge in [0.05, 0.1) is 6.61 Å².